The lowest BCUT2D eigenvalue weighted by Crippen LogP contribution is -2.12. The minimum atomic E-state index is -0.159. The van der Waals surface area contributed by atoms with Crippen LogP contribution in [0.1, 0.15) is 22.2 Å². The van der Waals surface area contributed by atoms with Gasteiger partial charge in [-0.15, -0.1) is 11.3 Å². The zero-order valence-corrected chi connectivity index (χ0v) is 14.9. The molecule has 1 amide bonds. The highest BCUT2D eigenvalue weighted by Crippen LogP contribution is 2.32. The fraction of sp³-hybridized carbons (Fsp3) is 0.111. The molecule has 3 nitrogen and oxygen atoms in total. The Morgan fingerprint density at radius 2 is 1.83 bits per heavy atom. The minimum absolute atomic E-state index is 0.159. The highest BCUT2D eigenvalue weighted by molar-refractivity contribution is 9.10. The van der Waals surface area contributed by atoms with Crippen molar-refractivity contribution in [3.05, 3.63) is 69.5 Å². The van der Waals surface area contributed by atoms with Gasteiger partial charge in [0.25, 0.3) is 5.91 Å². The molecule has 0 fully saturated rings. The van der Waals surface area contributed by atoms with Crippen molar-refractivity contribution in [1.82, 2.24) is 4.98 Å². The lowest BCUT2D eigenvalue weighted by Gasteiger charge is -2.03. The number of aromatic nitrogens is 1. The summed E-state index contributed by atoms with van der Waals surface area (Å²) in [6.07, 6.45) is 0.882. The number of amides is 1. The summed E-state index contributed by atoms with van der Waals surface area (Å²) in [5.74, 6) is -0.159. The summed E-state index contributed by atoms with van der Waals surface area (Å²) in [4.78, 5) is 18.2. The molecule has 3 aromatic rings. The number of nitrogens with zero attached hydrogens (tertiary/aromatic N) is 1. The molecular weight excluding hydrogens is 372 g/mol. The van der Waals surface area contributed by atoms with Crippen molar-refractivity contribution in [2.75, 3.05) is 5.32 Å². The molecule has 1 N–H and O–H groups in total. The van der Waals surface area contributed by atoms with Gasteiger partial charge in [0.05, 0.1) is 11.3 Å². The molecule has 0 bridgehead atoms. The topological polar surface area (TPSA) is 42.0 Å². The molecule has 1 heterocycles. The first kappa shape index (κ1) is 15.9. The lowest BCUT2D eigenvalue weighted by atomic mass is 10.1. The summed E-state index contributed by atoms with van der Waals surface area (Å²) in [6.45, 7) is 2.10. The molecule has 0 aliphatic heterocycles. The summed E-state index contributed by atoms with van der Waals surface area (Å²) in [5.41, 5.74) is 2.62. The molecule has 1 aromatic heterocycles. The predicted octanol–water partition coefficient (Wildman–Crippen LogP) is 5.39. The standard InChI is InChI=1S/C18H15BrN2OS/c1-2-15-16(12-8-4-3-5-9-12)20-18(23-15)21-17(22)13-10-6-7-11-14(13)19/h3-11H,2H2,1H3,(H,20,21,22). The van der Waals surface area contributed by atoms with Crippen molar-refractivity contribution in [3.8, 4) is 11.3 Å². The third-order valence-corrected chi connectivity index (χ3v) is 5.21. The number of halogens is 1. The maximum atomic E-state index is 12.4. The van der Waals surface area contributed by atoms with E-state index < -0.39 is 0 Å². The molecule has 0 atom stereocenters. The third kappa shape index (κ3) is 3.51. The van der Waals surface area contributed by atoms with Crippen LogP contribution in [0.4, 0.5) is 5.13 Å². The summed E-state index contributed by atoms with van der Waals surface area (Å²) >= 11 is 4.93. The number of carbonyl (C=O) groups is 1. The van der Waals surface area contributed by atoms with Gasteiger partial charge in [-0.3, -0.25) is 10.1 Å². The van der Waals surface area contributed by atoms with Crippen molar-refractivity contribution >= 4 is 38.3 Å². The van der Waals surface area contributed by atoms with Crippen molar-refractivity contribution in [1.29, 1.82) is 0 Å². The van der Waals surface area contributed by atoms with Gasteiger partial charge in [-0.05, 0) is 34.5 Å². The fourth-order valence-corrected chi connectivity index (χ4v) is 3.66. The van der Waals surface area contributed by atoms with E-state index in [1.807, 2.05) is 48.5 Å². The van der Waals surface area contributed by atoms with Gasteiger partial charge < -0.3 is 0 Å². The van der Waals surface area contributed by atoms with E-state index in [1.54, 1.807) is 6.07 Å². The molecule has 0 radical (unpaired) electrons. The van der Waals surface area contributed by atoms with Gasteiger partial charge in [-0.25, -0.2) is 4.98 Å². The average molecular weight is 387 g/mol. The van der Waals surface area contributed by atoms with Crippen LogP contribution in [0.3, 0.4) is 0 Å². The van der Waals surface area contributed by atoms with Crippen LogP contribution < -0.4 is 5.32 Å². The molecule has 0 aliphatic carbocycles. The van der Waals surface area contributed by atoms with Gasteiger partial charge in [-0.1, -0.05) is 49.4 Å². The van der Waals surface area contributed by atoms with E-state index in [2.05, 4.69) is 33.2 Å². The summed E-state index contributed by atoms with van der Waals surface area (Å²) in [7, 11) is 0. The van der Waals surface area contributed by atoms with E-state index in [-0.39, 0.29) is 5.91 Å². The average Bonchev–Trinajstić information content (AvgIpc) is 2.99. The quantitative estimate of drug-likeness (QED) is 0.653. The second-order valence-electron chi connectivity index (χ2n) is 4.94. The van der Waals surface area contributed by atoms with Crippen LogP contribution >= 0.6 is 27.3 Å². The monoisotopic (exact) mass is 386 g/mol. The number of thiazole rings is 1. The normalized spacial score (nSPS) is 10.5. The number of hydrogen-bond acceptors (Lipinski definition) is 3. The first-order chi connectivity index (χ1) is 11.2. The Balaban J connectivity index is 1.89. The second-order valence-corrected chi connectivity index (χ2v) is 6.88. The summed E-state index contributed by atoms with van der Waals surface area (Å²) in [6, 6.07) is 17.4. The zero-order chi connectivity index (χ0) is 16.2. The van der Waals surface area contributed by atoms with Gasteiger partial charge >= 0.3 is 0 Å². The Hall–Kier alpha value is -1.98. The molecule has 116 valence electrons. The number of nitrogens with one attached hydrogen (secondary N) is 1. The van der Waals surface area contributed by atoms with E-state index in [1.165, 1.54) is 16.2 Å². The van der Waals surface area contributed by atoms with Crippen LogP contribution in [0.5, 0.6) is 0 Å². The van der Waals surface area contributed by atoms with Gasteiger partial charge in [-0.2, -0.15) is 0 Å². The van der Waals surface area contributed by atoms with Gasteiger partial charge in [0.2, 0.25) is 0 Å². The minimum Gasteiger partial charge on any atom is -0.298 e. The highest BCUT2D eigenvalue weighted by atomic mass is 79.9. The van der Waals surface area contributed by atoms with Crippen molar-refractivity contribution < 1.29 is 4.79 Å². The van der Waals surface area contributed by atoms with Crippen LogP contribution in [0.2, 0.25) is 0 Å². The van der Waals surface area contributed by atoms with Crippen LogP contribution in [-0.2, 0) is 6.42 Å². The second kappa shape index (κ2) is 7.06. The number of anilines is 1. The Kier molecular flexibility index (Phi) is 4.88. The highest BCUT2D eigenvalue weighted by Gasteiger charge is 2.15. The number of hydrogen-bond donors (Lipinski definition) is 1. The Morgan fingerprint density at radius 1 is 1.13 bits per heavy atom. The van der Waals surface area contributed by atoms with Gasteiger partial charge in [0.15, 0.2) is 5.13 Å². The lowest BCUT2D eigenvalue weighted by molar-refractivity contribution is 0.102. The molecule has 0 saturated carbocycles. The summed E-state index contributed by atoms with van der Waals surface area (Å²) < 4.78 is 0.771. The van der Waals surface area contributed by atoms with Crippen LogP contribution in [-0.4, -0.2) is 10.9 Å². The molecule has 23 heavy (non-hydrogen) atoms. The molecule has 0 saturated heterocycles. The molecular formula is C18H15BrN2OS. The summed E-state index contributed by atoms with van der Waals surface area (Å²) in [5, 5.41) is 3.53. The SMILES string of the molecule is CCc1sc(NC(=O)c2ccccc2Br)nc1-c1ccccc1. The third-order valence-electron chi connectivity index (χ3n) is 3.40. The maximum Gasteiger partial charge on any atom is 0.258 e. The van der Waals surface area contributed by atoms with E-state index in [0.717, 1.165) is 22.2 Å². The first-order valence-electron chi connectivity index (χ1n) is 7.30. The number of carbonyl (C=O) groups excluding carboxylic acids is 1. The smallest absolute Gasteiger partial charge is 0.258 e. The van der Waals surface area contributed by atoms with E-state index >= 15 is 0 Å². The van der Waals surface area contributed by atoms with E-state index in [9.17, 15) is 4.79 Å². The number of benzene rings is 2. The van der Waals surface area contributed by atoms with Crippen LogP contribution in [0, 0.1) is 0 Å². The van der Waals surface area contributed by atoms with Crippen molar-refractivity contribution in [3.63, 3.8) is 0 Å². The first-order valence-corrected chi connectivity index (χ1v) is 8.91. The van der Waals surface area contributed by atoms with Crippen molar-refractivity contribution in [2.45, 2.75) is 13.3 Å². The largest absolute Gasteiger partial charge is 0.298 e. The molecule has 3 rings (SSSR count). The Morgan fingerprint density at radius 3 is 2.52 bits per heavy atom. The molecule has 2 aromatic carbocycles. The molecule has 5 heteroatoms. The predicted molar refractivity (Wildman–Crippen MR) is 99.0 cm³/mol. The Bertz CT molecular complexity index is 830. The number of aryl methyl sites for hydroxylation is 1. The molecule has 0 unspecified atom stereocenters. The fourth-order valence-electron chi connectivity index (χ4n) is 2.28. The molecule has 0 spiro atoms. The number of rotatable bonds is 4. The van der Waals surface area contributed by atoms with Gasteiger partial charge in [0, 0.05) is 14.9 Å². The van der Waals surface area contributed by atoms with Crippen LogP contribution in [0.25, 0.3) is 11.3 Å². The van der Waals surface area contributed by atoms with E-state index in [0.29, 0.717) is 10.7 Å². The zero-order valence-electron chi connectivity index (χ0n) is 12.5. The Labute approximate surface area is 147 Å². The maximum absolute atomic E-state index is 12.4. The van der Waals surface area contributed by atoms with Crippen LogP contribution in [0.15, 0.2) is 59.1 Å². The molecule has 0 aliphatic rings. The van der Waals surface area contributed by atoms with E-state index in [4.69, 9.17) is 0 Å². The van der Waals surface area contributed by atoms with Crippen molar-refractivity contribution in [2.24, 2.45) is 0 Å². The van der Waals surface area contributed by atoms with Gasteiger partial charge in [0.1, 0.15) is 0 Å².